The Morgan fingerprint density at radius 1 is 1.28 bits per heavy atom. The minimum absolute atomic E-state index is 0.0516. The van der Waals surface area contributed by atoms with Crippen molar-refractivity contribution in [3.63, 3.8) is 0 Å². The Hall–Kier alpha value is -2.25. The van der Waals surface area contributed by atoms with E-state index in [2.05, 4.69) is 0 Å². The number of carbonyl (C=O) groups excluding carboxylic acids is 2. The van der Waals surface area contributed by atoms with Crippen molar-refractivity contribution in [3.05, 3.63) is 29.3 Å². The number of halogens is 3. The first-order valence-electron chi connectivity index (χ1n) is 8.25. The molecule has 1 aliphatic heterocycles. The number of amides is 2. The van der Waals surface area contributed by atoms with E-state index >= 15 is 0 Å². The van der Waals surface area contributed by atoms with Crippen molar-refractivity contribution < 1.29 is 31.2 Å². The lowest BCUT2D eigenvalue weighted by molar-refractivity contribution is -0.138. The molecule has 2 amide bonds. The van der Waals surface area contributed by atoms with Crippen LogP contribution in [0.2, 0.25) is 0 Å². The molecule has 0 atom stereocenters. The van der Waals surface area contributed by atoms with Gasteiger partial charge >= 0.3 is 6.18 Å². The van der Waals surface area contributed by atoms with E-state index in [0.29, 0.717) is 6.07 Å². The van der Waals surface area contributed by atoms with Gasteiger partial charge in [-0.1, -0.05) is 0 Å². The van der Waals surface area contributed by atoms with Crippen LogP contribution in [0.1, 0.15) is 36.2 Å². The molecule has 160 valence electrons. The van der Waals surface area contributed by atoms with Crippen LogP contribution in [0.15, 0.2) is 18.2 Å². The maximum Gasteiger partial charge on any atom is 0.417 e. The third-order valence-electron chi connectivity index (χ3n) is 4.47. The van der Waals surface area contributed by atoms with Gasteiger partial charge in [-0.25, -0.2) is 13.6 Å². The Kier molecular flexibility index (Phi) is 5.99. The lowest BCUT2D eigenvalue weighted by atomic mass is 10.0. The SMILES string of the molecule is CC1(C)C(=O)N(c2ccc(C(N)=O)c(C(F)(F)F)c2)C(=S)N1CCCS(N)(=O)=O. The minimum atomic E-state index is -4.88. The Morgan fingerprint density at radius 2 is 1.86 bits per heavy atom. The van der Waals surface area contributed by atoms with E-state index in [0.717, 1.165) is 17.0 Å². The summed E-state index contributed by atoms with van der Waals surface area (Å²) in [4.78, 5) is 26.5. The molecule has 1 aromatic rings. The number of anilines is 1. The summed E-state index contributed by atoms with van der Waals surface area (Å²) in [5.74, 6) is -2.20. The fourth-order valence-corrected chi connectivity index (χ4v) is 4.02. The zero-order valence-corrected chi connectivity index (χ0v) is 17.1. The molecule has 0 aromatic heterocycles. The molecule has 0 saturated carbocycles. The maximum atomic E-state index is 13.4. The summed E-state index contributed by atoms with van der Waals surface area (Å²) in [6, 6.07) is 2.66. The van der Waals surface area contributed by atoms with Crippen LogP contribution < -0.4 is 15.8 Å². The number of hydrogen-bond acceptors (Lipinski definition) is 5. The number of rotatable bonds is 6. The molecule has 2 rings (SSSR count). The van der Waals surface area contributed by atoms with Gasteiger partial charge in [-0.15, -0.1) is 0 Å². The van der Waals surface area contributed by atoms with E-state index in [9.17, 15) is 31.2 Å². The quantitative estimate of drug-likeness (QED) is 0.625. The van der Waals surface area contributed by atoms with Crippen LogP contribution in [-0.4, -0.2) is 48.1 Å². The Morgan fingerprint density at radius 3 is 2.34 bits per heavy atom. The standard InChI is InChI=1S/C16H19F3N4O4S2/c1-15(2)13(25)23(14(28)22(15)6-3-7-29(21,26)27)9-4-5-10(12(20)24)11(8-9)16(17,18)19/h4-5,8H,3,6-7H2,1-2H3,(H2,20,24)(H2,21,26,27). The summed E-state index contributed by atoms with van der Waals surface area (Å²) in [5, 5.41) is 4.87. The van der Waals surface area contributed by atoms with Gasteiger partial charge in [0.25, 0.3) is 5.91 Å². The van der Waals surface area contributed by atoms with E-state index < -0.39 is 44.7 Å². The van der Waals surface area contributed by atoms with Crippen molar-refractivity contribution in [2.24, 2.45) is 10.9 Å². The van der Waals surface area contributed by atoms with Crippen molar-refractivity contribution in [1.82, 2.24) is 4.90 Å². The molecule has 1 saturated heterocycles. The van der Waals surface area contributed by atoms with E-state index in [-0.39, 0.29) is 29.5 Å². The third kappa shape index (κ3) is 4.67. The van der Waals surface area contributed by atoms with Crippen LogP contribution in [-0.2, 0) is 21.0 Å². The van der Waals surface area contributed by atoms with Crippen LogP contribution in [0.5, 0.6) is 0 Å². The number of thiocarbonyl (C=S) groups is 1. The number of carbonyl (C=O) groups is 2. The molecule has 0 bridgehead atoms. The minimum Gasteiger partial charge on any atom is -0.366 e. The molecule has 1 aliphatic rings. The second kappa shape index (κ2) is 7.54. The van der Waals surface area contributed by atoms with Crippen molar-refractivity contribution in [2.75, 3.05) is 17.2 Å². The van der Waals surface area contributed by atoms with Gasteiger partial charge in [0.1, 0.15) is 5.54 Å². The number of hydrogen-bond donors (Lipinski definition) is 2. The monoisotopic (exact) mass is 452 g/mol. The predicted molar refractivity (Wildman–Crippen MR) is 103 cm³/mol. The number of alkyl halides is 3. The van der Waals surface area contributed by atoms with Gasteiger partial charge in [-0.3, -0.25) is 14.5 Å². The Bertz CT molecular complexity index is 977. The highest BCUT2D eigenvalue weighted by molar-refractivity contribution is 7.89. The van der Waals surface area contributed by atoms with Crippen molar-refractivity contribution in [1.29, 1.82) is 0 Å². The smallest absolute Gasteiger partial charge is 0.366 e. The van der Waals surface area contributed by atoms with Crippen LogP contribution >= 0.6 is 12.2 Å². The maximum absolute atomic E-state index is 13.4. The van der Waals surface area contributed by atoms with Gasteiger partial charge in [0.15, 0.2) is 5.11 Å². The highest BCUT2D eigenvalue weighted by Gasteiger charge is 2.49. The molecule has 1 aromatic carbocycles. The van der Waals surface area contributed by atoms with E-state index in [1.54, 1.807) is 0 Å². The highest BCUT2D eigenvalue weighted by atomic mass is 32.2. The number of primary sulfonamides is 1. The van der Waals surface area contributed by atoms with Crippen LogP contribution in [0.25, 0.3) is 0 Å². The fourth-order valence-electron chi connectivity index (χ4n) is 2.98. The molecule has 13 heteroatoms. The van der Waals surface area contributed by atoms with Crippen molar-refractivity contribution >= 4 is 44.9 Å². The molecule has 0 aliphatic carbocycles. The second-order valence-electron chi connectivity index (χ2n) is 6.95. The van der Waals surface area contributed by atoms with Gasteiger partial charge in [0, 0.05) is 6.54 Å². The van der Waals surface area contributed by atoms with Gasteiger partial charge in [0.2, 0.25) is 15.9 Å². The number of primary amides is 1. The molecular weight excluding hydrogens is 433 g/mol. The van der Waals surface area contributed by atoms with Crippen LogP contribution in [0, 0.1) is 0 Å². The third-order valence-corrected chi connectivity index (χ3v) is 5.73. The molecule has 0 unspecified atom stereocenters. The summed E-state index contributed by atoms with van der Waals surface area (Å²) in [7, 11) is -3.72. The summed E-state index contributed by atoms with van der Waals surface area (Å²) in [5.41, 5.74) is 1.58. The first kappa shape index (κ1) is 23.0. The largest absolute Gasteiger partial charge is 0.417 e. The zero-order valence-electron chi connectivity index (χ0n) is 15.5. The topological polar surface area (TPSA) is 127 Å². The van der Waals surface area contributed by atoms with Crippen LogP contribution in [0.4, 0.5) is 18.9 Å². The van der Waals surface area contributed by atoms with E-state index in [4.69, 9.17) is 23.1 Å². The number of nitrogens with two attached hydrogens (primary N) is 2. The second-order valence-corrected chi connectivity index (χ2v) is 9.05. The summed E-state index contributed by atoms with van der Waals surface area (Å²) in [6.07, 6.45) is -4.81. The lowest BCUT2D eigenvalue weighted by Crippen LogP contribution is -2.45. The summed E-state index contributed by atoms with van der Waals surface area (Å²) in [6.45, 7) is 3.08. The molecule has 0 radical (unpaired) electrons. The average Bonchev–Trinajstić information content (AvgIpc) is 2.72. The van der Waals surface area contributed by atoms with Gasteiger partial charge < -0.3 is 10.6 Å². The predicted octanol–water partition coefficient (Wildman–Crippen LogP) is 1.20. The Balaban J connectivity index is 2.43. The summed E-state index contributed by atoms with van der Waals surface area (Å²) >= 11 is 5.28. The molecule has 1 heterocycles. The number of nitrogens with zero attached hydrogens (tertiary/aromatic N) is 2. The van der Waals surface area contributed by atoms with Crippen molar-refractivity contribution in [3.8, 4) is 0 Å². The van der Waals surface area contributed by atoms with Gasteiger partial charge in [-0.2, -0.15) is 13.2 Å². The number of sulfonamides is 1. The fraction of sp³-hybridized carbons (Fsp3) is 0.438. The first-order valence-corrected chi connectivity index (χ1v) is 10.4. The van der Waals surface area contributed by atoms with Crippen LogP contribution in [0.3, 0.4) is 0 Å². The average molecular weight is 452 g/mol. The zero-order chi connectivity index (χ0) is 22.4. The molecule has 1 fully saturated rings. The molecule has 0 spiro atoms. The molecule has 29 heavy (non-hydrogen) atoms. The first-order chi connectivity index (χ1) is 13.1. The molecule has 8 nitrogen and oxygen atoms in total. The van der Waals surface area contributed by atoms with E-state index in [1.807, 2.05) is 0 Å². The lowest BCUT2D eigenvalue weighted by Gasteiger charge is -2.29. The number of benzene rings is 1. The van der Waals surface area contributed by atoms with Crippen molar-refractivity contribution in [2.45, 2.75) is 32.0 Å². The van der Waals surface area contributed by atoms with E-state index in [1.165, 1.54) is 18.7 Å². The molecular formula is C16H19F3N4O4S2. The normalized spacial score (nSPS) is 17.2. The molecule has 4 N–H and O–H groups in total. The highest BCUT2D eigenvalue weighted by Crippen LogP contribution is 2.38. The summed E-state index contributed by atoms with van der Waals surface area (Å²) < 4.78 is 62.3. The van der Waals surface area contributed by atoms with Gasteiger partial charge in [-0.05, 0) is 50.7 Å². The Labute approximate surface area is 170 Å². The van der Waals surface area contributed by atoms with Gasteiger partial charge in [0.05, 0.1) is 22.6 Å².